The van der Waals surface area contributed by atoms with Crippen LogP contribution in [0, 0.1) is 0 Å². The molecule has 3 heterocycles. The van der Waals surface area contributed by atoms with Crippen molar-refractivity contribution in [3.05, 3.63) is 237 Å². The average Bonchev–Trinajstić information content (AvgIpc) is 3.88. The molecule has 0 spiro atoms. The molecule has 64 heavy (non-hydrogen) atoms. The number of fused-ring (bicyclic) bond motifs is 12. The summed E-state index contributed by atoms with van der Waals surface area (Å²) in [5, 5.41) is 8.77. The number of rotatable bonds is 6. The SMILES string of the molecule is c1cc2cc(c1)-c1cc(-c3ccc(N(c4ccc(-n5c6ccccc6c6ccccc65)cc4)c4ccc(-n5c6ccccc6c6ccccc65)cc4)cc3)ccc1Nc1ccccc1-2. The fourth-order valence-corrected chi connectivity index (χ4v) is 10.1. The second kappa shape index (κ2) is 14.5. The zero-order valence-electron chi connectivity index (χ0n) is 34.9. The van der Waals surface area contributed by atoms with Crippen LogP contribution in [0.2, 0.25) is 0 Å². The smallest absolute Gasteiger partial charge is 0.0541 e. The number of benzene rings is 10. The Labute approximate surface area is 371 Å². The van der Waals surface area contributed by atoms with Gasteiger partial charge in [0.1, 0.15) is 0 Å². The Hall–Kier alpha value is -8.60. The number of anilines is 5. The summed E-state index contributed by atoms with van der Waals surface area (Å²) in [7, 11) is 0. The quantitative estimate of drug-likeness (QED) is 0.181. The molecule has 1 N–H and O–H groups in total. The zero-order valence-corrected chi connectivity index (χ0v) is 34.9. The second-order valence-electron chi connectivity index (χ2n) is 16.7. The Morgan fingerprint density at radius 3 is 1.20 bits per heavy atom. The summed E-state index contributed by atoms with van der Waals surface area (Å²) in [6, 6.07) is 86.0. The molecule has 0 saturated heterocycles. The van der Waals surface area contributed by atoms with Gasteiger partial charge in [-0.3, -0.25) is 0 Å². The number of para-hydroxylation sites is 5. The third-order valence-corrected chi connectivity index (χ3v) is 13.1. The molecule has 1 aliphatic rings. The van der Waals surface area contributed by atoms with Crippen molar-refractivity contribution in [1.82, 2.24) is 9.13 Å². The molecule has 0 fully saturated rings. The van der Waals surface area contributed by atoms with Crippen LogP contribution in [0.3, 0.4) is 0 Å². The summed E-state index contributed by atoms with van der Waals surface area (Å²) < 4.78 is 4.75. The summed E-state index contributed by atoms with van der Waals surface area (Å²) in [6.45, 7) is 0. The third-order valence-electron chi connectivity index (χ3n) is 13.1. The van der Waals surface area contributed by atoms with E-state index in [1.54, 1.807) is 0 Å². The van der Waals surface area contributed by atoms with E-state index in [1.807, 2.05) is 0 Å². The Morgan fingerprint density at radius 2 is 0.688 bits per heavy atom. The van der Waals surface area contributed by atoms with Crippen molar-refractivity contribution in [2.24, 2.45) is 0 Å². The van der Waals surface area contributed by atoms with Gasteiger partial charge in [-0.2, -0.15) is 0 Å². The van der Waals surface area contributed by atoms with Gasteiger partial charge in [0.05, 0.1) is 22.1 Å². The van der Waals surface area contributed by atoms with Crippen molar-refractivity contribution in [3.8, 4) is 44.8 Å². The Morgan fingerprint density at radius 1 is 0.281 bits per heavy atom. The maximum Gasteiger partial charge on any atom is 0.0541 e. The Balaban J connectivity index is 0.907. The number of hydrogen-bond donors (Lipinski definition) is 1. The molecule has 0 aliphatic carbocycles. The number of nitrogens with one attached hydrogen (secondary N) is 1. The van der Waals surface area contributed by atoms with E-state index >= 15 is 0 Å². The molecular weight excluding hydrogens is 777 g/mol. The number of nitrogens with zero attached hydrogens (tertiary/aromatic N) is 3. The molecule has 0 radical (unpaired) electrons. The average molecular weight is 817 g/mol. The molecule has 12 aromatic rings. The van der Waals surface area contributed by atoms with Gasteiger partial charge >= 0.3 is 0 Å². The van der Waals surface area contributed by atoms with Gasteiger partial charge in [-0.25, -0.2) is 0 Å². The van der Waals surface area contributed by atoms with Gasteiger partial charge < -0.3 is 19.4 Å². The Kier molecular flexibility index (Phi) is 8.18. The predicted molar refractivity (Wildman–Crippen MR) is 269 cm³/mol. The van der Waals surface area contributed by atoms with Crippen LogP contribution in [0.1, 0.15) is 0 Å². The van der Waals surface area contributed by atoms with Crippen LogP contribution >= 0.6 is 0 Å². The molecule has 0 atom stereocenters. The first-order valence-electron chi connectivity index (χ1n) is 21.9. The summed E-state index contributed by atoms with van der Waals surface area (Å²) in [6.07, 6.45) is 0. The molecule has 0 saturated carbocycles. The van der Waals surface area contributed by atoms with Gasteiger partial charge in [0.2, 0.25) is 0 Å². The normalized spacial score (nSPS) is 11.9. The largest absolute Gasteiger partial charge is 0.355 e. The third kappa shape index (κ3) is 5.77. The van der Waals surface area contributed by atoms with Crippen molar-refractivity contribution < 1.29 is 0 Å². The minimum atomic E-state index is 1.08. The van der Waals surface area contributed by atoms with Gasteiger partial charge in [0.25, 0.3) is 0 Å². The lowest BCUT2D eigenvalue weighted by atomic mass is 9.92. The van der Waals surface area contributed by atoms with Crippen LogP contribution in [-0.4, -0.2) is 9.13 Å². The summed E-state index contributed by atoms with van der Waals surface area (Å²) in [5.41, 5.74) is 19.6. The highest BCUT2D eigenvalue weighted by Crippen LogP contribution is 2.43. The minimum absolute atomic E-state index is 1.08. The minimum Gasteiger partial charge on any atom is -0.355 e. The fourth-order valence-electron chi connectivity index (χ4n) is 10.1. The molecule has 300 valence electrons. The van der Waals surface area contributed by atoms with Crippen LogP contribution < -0.4 is 10.2 Å². The van der Waals surface area contributed by atoms with Crippen LogP contribution in [-0.2, 0) is 0 Å². The van der Waals surface area contributed by atoms with E-state index in [0.29, 0.717) is 0 Å². The molecule has 0 amide bonds. The van der Waals surface area contributed by atoms with Crippen molar-refractivity contribution in [2.75, 3.05) is 10.2 Å². The van der Waals surface area contributed by atoms with E-state index in [4.69, 9.17) is 0 Å². The number of hydrogen-bond acceptors (Lipinski definition) is 2. The zero-order chi connectivity index (χ0) is 42.1. The van der Waals surface area contributed by atoms with Gasteiger partial charge in [-0.15, -0.1) is 0 Å². The highest BCUT2D eigenvalue weighted by molar-refractivity contribution is 6.10. The lowest BCUT2D eigenvalue weighted by Crippen LogP contribution is -2.10. The van der Waals surface area contributed by atoms with Crippen molar-refractivity contribution in [3.63, 3.8) is 0 Å². The molecule has 1 aliphatic heterocycles. The van der Waals surface area contributed by atoms with E-state index in [2.05, 4.69) is 256 Å². The van der Waals surface area contributed by atoms with E-state index in [1.165, 1.54) is 71.4 Å². The summed E-state index contributed by atoms with van der Waals surface area (Å²) in [5.74, 6) is 0. The summed E-state index contributed by atoms with van der Waals surface area (Å²) in [4.78, 5) is 2.36. The van der Waals surface area contributed by atoms with E-state index < -0.39 is 0 Å². The topological polar surface area (TPSA) is 25.1 Å². The van der Waals surface area contributed by atoms with Crippen molar-refractivity contribution >= 4 is 72.0 Å². The van der Waals surface area contributed by atoms with Gasteiger partial charge in [-0.05, 0) is 131 Å². The van der Waals surface area contributed by atoms with Crippen LogP contribution in [0.25, 0.3) is 88.4 Å². The number of aromatic nitrogens is 2. The predicted octanol–water partition coefficient (Wildman–Crippen LogP) is 16.4. The van der Waals surface area contributed by atoms with Gasteiger partial charge in [0, 0.05) is 72.5 Å². The Bertz CT molecular complexity index is 3480. The first-order valence-corrected chi connectivity index (χ1v) is 21.9. The first kappa shape index (κ1) is 36.1. The van der Waals surface area contributed by atoms with Crippen molar-refractivity contribution in [1.29, 1.82) is 0 Å². The molecule has 13 rings (SSSR count). The van der Waals surface area contributed by atoms with Gasteiger partial charge in [-0.1, -0.05) is 127 Å². The van der Waals surface area contributed by atoms with Crippen molar-refractivity contribution in [2.45, 2.75) is 0 Å². The molecule has 2 bridgehead atoms. The monoisotopic (exact) mass is 816 g/mol. The maximum absolute atomic E-state index is 3.75. The van der Waals surface area contributed by atoms with E-state index in [9.17, 15) is 0 Å². The van der Waals surface area contributed by atoms with E-state index in [0.717, 1.165) is 45.4 Å². The lowest BCUT2D eigenvalue weighted by molar-refractivity contribution is 1.17. The van der Waals surface area contributed by atoms with Crippen LogP contribution in [0.5, 0.6) is 0 Å². The molecule has 4 nitrogen and oxygen atoms in total. The fraction of sp³-hybridized carbons (Fsp3) is 0. The molecule has 0 unspecified atom stereocenters. The van der Waals surface area contributed by atoms with Crippen LogP contribution in [0.4, 0.5) is 28.4 Å². The lowest BCUT2D eigenvalue weighted by Gasteiger charge is -2.26. The molecule has 4 heteroatoms. The highest BCUT2D eigenvalue weighted by Gasteiger charge is 2.19. The molecule has 2 aromatic heterocycles. The maximum atomic E-state index is 3.75. The van der Waals surface area contributed by atoms with E-state index in [-0.39, 0.29) is 0 Å². The highest BCUT2D eigenvalue weighted by atomic mass is 15.1. The molecular formula is C60H40N4. The van der Waals surface area contributed by atoms with Crippen LogP contribution in [0.15, 0.2) is 237 Å². The second-order valence-corrected chi connectivity index (χ2v) is 16.7. The first-order chi connectivity index (χ1) is 31.7. The molecule has 10 aromatic carbocycles. The van der Waals surface area contributed by atoms with Gasteiger partial charge in [0.15, 0.2) is 0 Å². The summed E-state index contributed by atoms with van der Waals surface area (Å²) >= 11 is 0. The standard InChI is InChI=1S/C60H40N4/c1-6-19-55-49(14-1)42-12-11-13-43(38-42)54-39-41(26-37-56(54)61-55)40-24-27-44(28-25-40)62(45-29-33-47(34-30-45)63-57-20-7-2-15-50(57)51-16-3-8-21-58(51)63)46-31-35-48(36-32-46)64-59-22-9-4-17-52(59)53-18-5-10-23-60(53)64/h1-39,61H.